The molecular formula is C23H29N5O4S3. The molecule has 3 fully saturated rings. The van der Waals surface area contributed by atoms with E-state index in [0.29, 0.717) is 39.1 Å². The number of carbonyl (C=O) groups is 1. The number of pyridine rings is 1. The molecule has 0 N–H and O–H groups in total. The van der Waals surface area contributed by atoms with E-state index in [9.17, 15) is 23.3 Å². The number of aromatic nitrogens is 1. The van der Waals surface area contributed by atoms with E-state index in [1.54, 1.807) is 17.6 Å². The van der Waals surface area contributed by atoms with Crippen LogP contribution in [0, 0.1) is 18.3 Å². The van der Waals surface area contributed by atoms with Crippen LogP contribution >= 0.6 is 24.0 Å². The number of anilines is 1. The first-order valence-electron chi connectivity index (χ1n) is 11.7. The summed E-state index contributed by atoms with van der Waals surface area (Å²) in [6.45, 7) is 10.2. The molecule has 12 heteroatoms. The van der Waals surface area contributed by atoms with Gasteiger partial charge >= 0.3 is 0 Å². The number of hydrogen-bond acceptors (Lipinski definition) is 9. The summed E-state index contributed by atoms with van der Waals surface area (Å²) in [7, 11) is -3.18. The fraction of sp³-hybridized carbons (Fsp3) is 0.565. The number of thioether (sulfide) groups is 1. The van der Waals surface area contributed by atoms with Crippen molar-refractivity contribution in [2.75, 3.05) is 49.1 Å². The Morgan fingerprint density at radius 3 is 2.40 bits per heavy atom. The third kappa shape index (κ3) is 4.79. The average molecular weight is 536 g/mol. The zero-order chi connectivity index (χ0) is 25.5. The number of sulfone groups is 1. The van der Waals surface area contributed by atoms with E-state index in [0.717, 1.165) is 44.5 Å². The van der Waals surface area contributed by atoms with Crippen molar-refractivity contribution in [1.82, 2.24) is 14.4 Å². The van der Waals surface area contributed by atoms with Crippen molar-refractivity contribution >= 4 is 55.9 Å². The summed E-state index contributed by atoms with van der Waals surface area (Å²) in [4.78, 5) is 32.8. The third-order valence-corrected chi connectivity index (χ3v) is 10.0. The van der Waals surface area contributed by atoms with Crippen molar-refractivity contribution in [1.29, 1.82) is 5.26 Å². The Balaban J connectivity index is 1.80. The number of nitriles is 1. The van der Waals surface area contributed by atoms with E-state index in [2.05, 4.69) is 16.7 Å². The highest BCUT2D eigenvalue weighted by Crippen LogP contribution is 2.38. The fourth-order valence-corrected chi connectivity index (χ4v) is 8.04. The number of rotatable bonds is 5. The number of piperazine rings is 1. The standard InChI is InChI=1S/C23H29N5O4S3/c1-4-25-7-9-26(10-8-25)20-17(15(3)18(13-24)21(29)27(20)5-2)12-19-22(30)28(23(33)34-19)16-6-11-35(31,32)14-16/h12,16H,4-11,14H2,1-3H3/b19-12+. The Morgan fingerprint density at radius 1 is 1.17 bits per heavy atom. The van der Waals surface area contributed by atoms with Crippen LogP contribution in [-0.4, -0.2) is 83.3 Å². The van der Waals surface area contributed by atoms with Crippen molar-refractivity contribution in [3.63, 3.8) is 0 Å². The molecule has 3 saturated heterocycles. The highest BCUT2D eigenvalue weighted by atomic mass is 32.2. The Hall–Kier alpha value is -2.20. The lowest BCUT2D eigenvalue weighted by molar-refractivity contribution is -0.123. The molecule has 188 valence electrons. The van der Waals surface area contributed by atoms with Crippen LogP contribution in [0.5, 0.6) is 0 Å². The molecule has 0 spiro atoms. The molecule has 0 saturated carbocycles. The summed E-state index contributed by atoms with van der Waals surface area (Å²) < 4.78 is 25.9. The molecule has 1 amide bonds. The van der Waals surface area contributed by atoms with Crippen molar-refractivity contribution in [2.45, 2.75) is 39.8 Å². The van der Waals surface area contributed by atoms with Gasteiger partial charge < -0.3 is 9.80 Å². The lowest BCUT2D eigenvalue weighted by atomic mass is 10.0. The molecule has 1 aromatic heterocycles. The van der Waals surface area contributed by atoms with Crippen LogP contribution in [0.2, 0.25) is 0 Å². The quantitative estimate of drug-likeness (QED) is 0.410. The van der Waals surface area contributed by atoms with Gasteiger partial charge in [-0.15, -0.1) is 0 Å². The van der Waals surface area contributed by atoms with Crippen LogP contribution in [-0.2, 0) is 21.2 Å². The molecule has 0 bridgehead atoms. The van der Waals surface area contributed by atoms with Crippen molar-refractivity contribution in [3.8, 4) is 6.07 Å². The van der Waals surface area contributed by atoms with Gasteiger partial charge in [-0.3, -0.25) is 19.1 Å². The average Bonchev–Trinajstić information content (AvgIpc) is 3.32. The maximum atomic E-state index is 13.4. The zero-order valence-electron chi connectivity index (χ0n) is 20.1. The lowest BCUT2D eigenvalue weighted by Gasteiger charge is -2.37. The summed E-state index contributed by atoms with van der Waals surface area (Å²) in [5, 5.41) is 9.74. The van der Waals surface area contributed by atoms with Gasteiger partial charge in [-0.25, -0.2) is 8.42 Å². The minimum Gasteiger partial charge on any atom is -0.355 e. The first-order valence-corrected chi connectivity index (χ1v) is 14.8. The molecule has 1 unspecified atom stereocenters. The largest absolute Gasteiger partial charge is 0.355 e. The van der Waals surface area contributed by atoms with Gasteiger partial charge in [0.25, 0.3) is 11.5 Å². The second kappa shape index (κ2) is 10.0. The van der Waals surface area contributed by atoms with Gasteiger partial charge in [-0.1, -0.05) is 30.9 Å². The predicted octanol–water partition coefficient (Wildman–Crippen LogP) is 1.58. The van der Waals surface area contributed by atoms with Crippen LogP contribution in [0.15, 0.2) is 9.70 Å². The van der Waals surface area contributed by atoms with Gasteiger partial charge in [0.15, 0.2) is 9.84 Å². The van der Waals surface area contributed by atoms with Crippen LogP contribution in [0.3, 0.4) is 0 Å². The molecule has 1 aromatic rings. The predicted molar refractivity (Wildman–Crippen MR) is 142 cm³/mol. The van der Waals surface area contributed by atoms with Gasteiger partial charge in [-0.2, -0.15) is 5.26 Å². The smallest absolute Gasteiger partial charge is 0.270 e. The van der Waals surface area contributed by atoms with E-state index in [1.165, 1.54) is 4.90 Å². The van der Waals surface area contributed by atoms with Crippen molar-refractivity contribution in [2.24, 2.45) is 0 Å². The molecule has 3 aliphatic rings. The Morgan fingerprint density at radius 2 is 1.86 bits per heavy atom. The van der Waals surface area contributed by atoms with Gasteiger partial charge in [0.05, 0.1) is 22.5 Å². The summed E-state index contributed by atoms with van der Waals surface area (Å²) in [6, 6.07) is 1.59. The minimum atomic E-state index is -3.18. The fourth-order valence-electron chi connectivity index (χ4n) is 4.96. The van der Waals surface area contributed by atoms with Crippen LogP contribution in [0.25, 0.3) is 6.08 Å². The molecule has 0 aromatic carbocycles. The Bertz CT molecular complexity index is 1300. The number of thiocarbonyl (C=S) groups is 1. The van der Waals surface area contributed by atoms with E-state index in [4.69, 9.17) is 12.2 Å². The third-order valence-electron chi connectivity index (χ3n) is 6.95. The molecule has 0 aliphatic carbocycles. The van der Waals surface area contributed by atoms with Crippen molar-refractivity contribution < 1.29 is 13.2 Å². The summed E-state index contributed by atoms with van der Waals surface area (Å²) in [5.41, 5.74) is 0.920. The number of likely N-dealkylation sites (N-methyl/N-ethyl adjacent to an activating group) is 1. The van der Waals surface area contributed by atoms with E-state index < -0.39 is 15.9 Å². The number of amides is 1. The van der Waals surface area contributed by atoms with Gasteiger partial charge in [-0.05, 0) is 38.5 Å². The van der Waals surface area contributed by atoms with Gasteiger partial charge in [0.2, 0.25) is 0 Å². The number of hydrogen-bond donors (Lipinski definition) is 0. The molecule has 35 heavy (non-hydrogen) atoms. The highest BCUT2D eigenvalue weighted by molar-refractivity contribution is 8.26. The second-order valence-electron chi connectivity index (χ2n) is 8.93. The van der Waals surface area contributed by atoms with Gasteiger partial charge in [0, 0.05) is 38.3 Å². The molecule has 3 aliphatic heterocycles. The van der Waals surface area contributed by atoms with Crippen molar-refractivity contribution in [3.05, 3.63) is 31.9 Å². The monoisotopic (exact) mass is 535 g/mol. The Labute approximate surface area is 215 Å². The summed E-state index contributed by atoms with van der Waals surface area (Å²) in [6.07, 6.45) is 2.10. The van der Waals surface area contributed by atoms with E-state index >= 15 is 0 Å². The molecule has 1 atom stereocenters. The summed E-state index contributed by atoms with van der Waals surface area (Å²) in [5.74, 6) is 0.348. The number of nitrogens with zero attached hydrogens (tertiary/aromatic N) is 5. The van der Waals surface area contributed by atoms with Gasteiger partial charge in [0.1, 0.15) is 21.8 Å². The SMILES string of the molecule is CCN1CCN(c2c(/C=C3/SC(=S)N(C4CCS(=O)(=O)C4)C3=O)c(C)c(C#N)c(=O)n2CC)CC1. The maximum Gasteiger partial charge on any atom is 0.270 e. The highest BCUT2D eigenvalue weighted by Gasteiger charge is 2.42. The van der Waals surface area contributed by atoms with E-state index in [1.807, 2.05) is 13.0 Å². The zero-order valence-corrected chi connectivity index (χ0v) is 22.6. The molecule has 4 heterocycles. The topological polar surface area (TPSA) is 107 Å². The van der Waals surface area contributed by atoms with E-state index in [-0.39, 0.29) is 28.5 Å². The number of carbonyl (C=O) groups excluding carboxylic acids is 1. The normalized spacial score (nSPS) is 23.9. The first-order chi connectivity index (χ1) is 16.6. The lowest BCUT2D eigenvalue weighted by Crippen LogP contribution is -2.48. The molecule has 9 nitrogen and oxygen atoms in total. The molecular weight excluding hydrogens is 506 g/mol. The van der Waals surface area contributed by atoms with Crippen LogP contribution in [0.4, 0.5) is 5.82 Å². The minimum absolute atomic E-state index is 0.0494. The van der Waals surface area contributed by atoms with Crippen LogP contribution in [0.1, 0.15) is 37.0 Å². The molecule has 0 radical (unpaired) electrons. The first kappa shape index (κ1) is 25.9. The maximum absolute atomic E-state index is 13.4. The molecule has 4 rings (SSSR count). The summed E-state index contributed by atoms with van der Waals surface area (Å²) >= 11 is 6.61. The second-order valence-corrected chi connectivity index (χ2v) is 12.8. The Kier molecular flexibility index (Phi) is 7.43. The van der Waals surface area contributed by atoms with Crippen LogP contribution < -0.4 is 10.5 Å².